The summed E-state index contributed by atoms with van der Waals surface area (Å²) in [7, 11) is 0. The van der Waals surface area contributed by atoms with E-state index in [1.807, 2.05) is 24.3 Å². The highest BCUT2D eigenvalue weighted by Crippen LogP contribution is 2.16. The lowest BCUT2D eigenvalue weighted by molar-refractivity contribution is -0.145. The molecule has 127 heavy (non-hydrogen) atoms. The molecule has 6 aromatic carbocycles. The summed E-state index contributed by atoms with van der Waals surface area (Å²) in [4.78, 5) is 195. The summed E-state index contributed by atoms with van der Waals surface area (Å²) < 4.78 is 26.7. The number of nitrogens with one attached hydrogen (secondary N) is 13. The van der Waals surface area contributed by atoms with Gasteiger partial charge in [-0.2, -0.15) is 0 Å². The summed E-state index contributed by atoms with van der Waals surface area (Å²) in [5.74, 6) is -9.64. The number of nitrogens with two attached hydrogens (primary N) is 1. The molecule has 36 heteroatoms. The predicted octanol–water partition coefficient (Wildman–Crippen LogP) is 6.03. The molecular formula is C91H122N14O22. The standard InChI is InChI=1S/C91H122N14O22/c1-60(2)53-74(83(113)99-69(43-23-27-49-93-87(118)123-55-64-33-13-6-14-34-64)78(108)98-72(82(112)104-77(62(4)107)86(116)117)46-26-30-52-96-90(121)126-58-67-39-19-9-20-40-67)102-84(114)75(54-63-31-11-5-12-32-63)103-80(110)70(44-24-28-50-94-88(119)124-56-65-35-15-7-16-36-65)97-81(111)73(47-48-92)100-79(109)71(45-25-29-51-95-89(120)125-57-66-37-17-8-18-38-66)101-85(115)76(61(3)106)105-91(122)127-59-68-41-21-10-22-42-68/h5-22,31-42,60-62,69-77,106-107H,23-30,43-59,92H2,1-4H3,(H,93,118)(H,94,119)(H,95,120)(H,96,121)(H,97,111)(H,98,108)(H,99,113)(H,100,109)(H,101,115)(H,102,114)(H,103,110)(H,104,112)(H,105,122)(H,116,117)/t61-,62-,69+,70+,71+,72+,73+,74+,75-,76+,77+/m1/s1. The van der Waals surface area contributed by atoms with Gasteiger partial charge in [0.15, 0.2) is 6.04 Å². The van der Waals surface area contributed by atoms with Gasteiger partial charge in [0.05, 0.1) is 12.2 Å². The zero-order valence-corrected chi connectivity index (χ0v) is 72.1. The Hall–Kier alpha value is -13.2. The van der Waals surface area contributed by atoms with E-state index >= 15 is 14.4 Å². The van der Waals surface area contributed by atoms with Crippen molar-refractivity contribution in [1.82, 2.24) is 69.1 Å². The number of carbonyl (C=O) groups excluding carboxylic acids is 13. The minimum atomic E-state index is -1.83. The number of alkyl carbamates (subject to hydrolysis) is 5. The van der Waals surface area contributed by atoms with Gasteiger partial charge in [-0.25, -0.2) is 28.8 Å². The summed E-state index contributed by atoms with van der Waals surface area (Å²) in [5.41, 5.74) is 10.2. The second-order valence-electron chi connectivity index (χ2n) is 30.8. The fraction of sp³-hybridized carbons (Fsp3) is 0.451. The number of carbonyl (C=O) groups is 14. The van der Waals surface area contributed by atoms with E-state index in [4.69, 9.17) is 29.4 Å². The summed E-state index contributed by atoms with van der Waals surface area (Å²) in [6.07, 6.45) is -7.08. The van der Waals surface area contributed by atoms with E-state index in [0.29, 0.717) is 11.1 Å². The highest BCUT2D eigenvalue weighted by molar-refractivity contribution is 5.98. The number of ether oxygens (including phenoxy) is 5. The van der Waals surface area contributed by atoms with Gasteiger partial charge >= 0.3 is 36.4 Å². The van der Waals surface area contributed by atoms with Crippen LogP contribution >= 0.6 is 0 Å². The predicted molar refractivity (Wildman–Crippen MR) is 467 cm³/mol. The molecule has 0 saturated carbocycles. The van der Waals surface area contributed by atoms with Crippen molar-refractivity contribution in [3.05, 3.63) is 215 Å². The second kappa shape index (κ2) is 58.1. The Morgan fingerprint density at radius 1 is 0.283 bits per heavy atom. The molecule has 0 aliphatic rings. The summed E-state index contributed by atoms with van der Waals surface area (Å²) in [5, 5.41) is 65.4. The molecule has 11 atom stereocenters. The molecule has 13 amide bonds. The Balaban J connectivity index is 1.26. The number of aliphatic carboxylic acids is 1. The maximum absolute atomic E-state index is 15.3. The minimum Gasteiger partial charge on any atom is -0.480 e. The molecule has 18 N–H and O–H groups in total. The molecule has 0 heterocycles. The third-order valence-electron chi connectivity index (χ3n) is 19.8. The molecule has 6 aromatic rings. The first-order valence-corrected chi connectivity index (χ1v) is 42.7. The van der Waals surface area contributed by atoms with Crippen LogP contribution < -0.4 is 74.9 Å². The summed E-state index contributed by atoms with van der Waals surface area (Å²) >= 11 is 0. The molecular weight excluding hydrogens is 1640 g/mol. The van der Waals surface area contributed by atoms with Crippen LogP contribution in [0.5, 0.6) is 0 Å². The van der Waals surface area contributed by atoms with Crippen molar-refractivity contribution in [2.75, 3.05) is 32.7 Å². The average molecular weight is 1760 g/mol. The van der Waals surface area contributed by atoms with E-state index in [9.17, 15) is 68.1 Å². The highest BCUT2D eigenvalue weighted by Gasteiger charge is 2.37. The van der Waals surface area contributed by atoms with Crippen molar-refractivity contribution >= 4 is 83.7 Å². The van der Waals surface area contributed by atoms with Crippen LogP contribution in [0.3, 0.4) is 0 Å². The van der Waals surface area contributed by atoms with Crippen molar-refractivity contribution < 1.29 is 106 Å². The van der Waals surface area contributed by atoms with Crippen molar-refractivity contribution in [3.63, 3.8) is 0 Å². The van der Waals surface area contributed by atoms with E-state index in [-0.39, 0.29) is 168 Å². The van der Waals surface area contributed by atoms with Crippen LogP contribution in [0.15, 0.2) is 182 Å². The number of carboxylic acid groups (broad SMARTS) is 1. The quantitative estimate of drug-likeness (QED) is 0.0153. The minimum absolute atomic E-state index is 0.0113. The van der Waals surface area contributed by atoms with E-state index < -0.39 is 150 Å². The highest BCUT2D eigenvalue weighted by atomic mass is 16.6. The lowest BCUT2D eigenvalue weighted by Crippen LogP contribution is -2.61. The summed E-state index contributed by atoms with van der Waals surface area (Å²) in [6, 6.07) is 38.6. The molecule has 0 fully saturated rings. The molecule has 688 valence electrons. The Morgan fingerprint density at radius 3 is 0.811 bits per heavy atom. The van der Waals surface area contributed by atoms with Crippen LogP contribution in [0.4, 0.5) is 24.0 Å². The van der Waals surface area contributed by atoms with Crippen LogP contribution in [-0.2, 0) is 106 Å². The number of rotatable bonds is 56. The molecule has 0 saturated heterocycles. The van der Waals surface area contributed by atoms with Crippen molar-refractivity contribution in [2.45, 2.75) is 224 Å². The van der Waals surface area contributed by atoms with Crippen LogP contribution in [0.25, 0.3) is 0 Å². The van der Waals surface area contributed by atoms with Gasteiger partial charge in [-0.15, -0.1) is 0 Å². The average Bonchev–Trinajstić information content (AvgIpc) is 0.851. The maximum atomic E-state index is 15.3. The first kappa shape index (κ1) is 103. The smallest absolute Gasteiger partial charge is 0.408 e. The number of aliphatic hydroxyl groups excluding tert-OH is 2. The van der Waals surface area contributed by atoms with Crippen LogP contribution in [0.2, 0.25) is 0 Å². The molecule has 0 radical (unpaired) electrons. The second-order valence-corrected chi connectivity index (χ2v) is 30.8. The SMILES string of the molecule is CC(C)C[C@H](NC(=O)[C@@H](Cc1ccccc1)NC(=O)[C@H](CCCCNC(=O)OCc1ccccc1)NC(=O)[C@H](CCN)NC(=O)[C@H](CCCCNC(=O)OCc1ccccc1)NC(=O)[C@@H](NC(=O)OCc1ccccc1)[C@@H](C)O)C(=O)N[C@@H](CCCCNC(=O)OCc1ccccc1)C(=O)N[C@@H](CCCCNC(=O)OCc1ccccc1)C(=O)N[C@H](C(=O)O)[C@@H](C)O. The Bertz CT molecular complexity index is 4380. The molecule has 0 aliphatic carbocycles. The number of hydrogen-bond acceptors (Lipinski definition) is 22. The lowest BCUT2D eigenvalue weighted by Gasteiger charge is -2.29. The molecule has 36 nitrogen and oxygen atoms in total. The van der Waals surface area contributed by atoms with Gasteiger partial charge < -0.3 is 114 Å². The van der Waals surface area contributed by atoms with Gasteiger partial charge in [0.1, 0.15) is 81.4 Å². The fourth-order valence-electron chi connectivity index (χ4n) is 12.9. The monoisotopic (exact) mass is 1760 g/mol. The number of carboxylic acids is 1. The largest absolute Gasteiger partial charge is 0.480 e. The number of aliphatic hydroxyl groups is 2. The molecule has 6 rings (SSSR count). The Kier molecular flexibility index (Phi) is 46.9. The number of unbranched alkanes of at least 4 members (excludes halogenated alkanes) is 4. The zero-order chi connectivity index (χ0) is 92.1. The maximum Gasteiger partial charge on any atom is 0.408 e. The van der Waals surface area contributed by atoms with Crippen LogP contribution in [-0.4, -0.2) is 198 Å². The molecule has 0 unspecified atom stereocenters. The van der Waals surface area contributed by atoms with Gasteiger partial charge in [0.25, 0.3) is 0 Å². The van der Waals surface area contributed by atoms with E-state index in [0.717, 1.165) is 29.2 Å². The third kappa shape index (κ3) is 41.4. The van der Waals surface area contributed by atoms with Gasteiger partial charge in [-0.1, -0.05) is 196 Å². The van der Waals surface area contributed by atoms with Crippen molar-refractivity contribution in [2.24, 2.45) is 11.7 Å². The Morgan fingerprint density at radius 2 is 0.528 bits per heavy atom. The van der Waals surface area contributed by atoms with Crippen molar-refractivity contribution in [3.8, 4) is 0 Å². The third-order valence-corrected chi connectivity index (χ3v) is 19.8. The van der Waals surface area contributed by atoms with Gasteiger partial charge in [0, 0.05) is 32.6 Å². The van der Waals surface area contributed by atoms with E-state index in [1.165, 1.54) is 6.92 Å². The van der Waals surface area contributed by atoms with Crippen LogP contribution in [0, 0.1) is 5.92 Å². The van der Waals surface area contributed by atoms with Crippen molar-refractivity contribution in [1.29, 1.82) is 0 Å². The van der Waals surface area contributed by atoms with Gasteiger partial charge in [-0.3, -0.25) is 38.4 Å². The van der Waals surface area contributed by atoms with Gasteiger partial charge in [0.2, 0.25) is 47.3 Å². The number of hydrogen-bond donors (Lipinski definition) is 17. The fourth-order valence-corrected chi connectivity index (χ4v) is 12.9. The Labute approximate surface area is 738 Å². The molecule has 0 bridgehead atoms. The molecule has 0 aromatic heterocycles. The molecule has 0 aliphatic heterocycles. The van der Waals surface area contributed by atoms with E-state index in [1.54, 1.807) is 172 Å². The summed E-state index contributed by atoms with van der Waals surface area (Å²) in [6.45, 7) is 5.52. The topological polar surface area (TPSA) is 528 Å². The van der Waals surface area contributed by atoms with E-state index in [2.05, 4.69) is 69.1 Å². The zero-order valence-electron chi connectivity index (χ0n) is 72.1. The van der Waals surface area contributed by atoms with Gasteiger partial charge in [-0.05, 0) is 150 Å². The lowest BCUT2D eigenvalue weighted by atomic mass is 9.99. The first-order chi connectivity index (χ1) is 61.1. The number of benzene rings is 6. The number of amides is 13. The molecule has 0 spiro atoms. The van der Waals surface area contributed by atoms with Crippen LogP contribution in [0.1, 0.15) is 151 Å². The normalized spacial score (nSPS) is 13.5. The first-order valence-electron chi connectivity index (χ1n) is 42.7.